The van der Waals surface area contributed by atoms with Crippen LogP contribution in [-0.2, 0) is 13.0 Å². The fourth-order valence-corrected chi connectivity index (χ4v) is 1.60. The predicted octanol–water partition coefficient (Wildman–Crippen LogP) is 2.20. The Labute approximate surface area is 89.0 Å². The fraction of sp³-hybridized carbons (Fsp3) is 0.250. The van der Waals surface area contributed by atoms with E-state index in [2.05, 4.69) is 16.5 Å². The zero-order chi connectivity index (χ0) is 10.7. The topological polar surface area (TPSA) is 38.0 Å². The molecule has 2 rings (SSSR count). The van der Waals surface area contributed by atoms with Gasteiger partial charge in [0.1, 0.15) is 11.6 Å². The molecular formula is C12H14N2O. The van der Waals surface area contributed by atoms with Gasteiger partial charge in [0.25, 0.3) is 0 Å². The van der Waals surface area contributed by atoms with Gasteiger partial charge in [-0.05, 0) is 17.7 Å². The molecule has 0 saturated heterocycles. The Morgan fingerprint density at radius 3 is 2.67 bits per heavy atom. The molecule has 2 aromatic rings. The number of benzene rings is 1. The van der Waals surface area contributed by atoms with Crippen LogP contribution in [0.25, 0.3) is 0 Å². The summed E-state index contributed by atoms with van der Waals surface area (Å²) in [5.74, 6) is 1.39. The van der Waals surface area contributed by atoms with Gasteiger partial charge in [0.2, 0.25) is 0 Å². The van der Waals surface area contributed by atoms with E-state index in [0.717, 1.165) is 18.8 Å². The van der Waals surface area contributed by atoms with Crippen molar-refractivity contribution in [3.63, 3.8) is 0 Å². The third-order valence-corrected chi connectivity index (χ3v) is 2.41. The number of imidazole rings is 1. The molecule has 0 aliphatic heterocycles. The minimum absolute atomic E-state index is 0.306. The maximum absolute atomic E-state index is 9.16. The Morgan fingerprint density at radius 2 is 2.00 bits per heavy atom. The molecule has 0 aliphatic carbocycles. The Balaban J connectivity index is 2.18. The highest BCUT2D eigenvalue weighted by molar-refractivity contribution is 5.26. The zero-order valence-corrected chi connectivity index (χ0v) is 8.72. The van der Waals surface area contributed by atoms with Crippen LogP contribution in [0.1, 0.15) is 18.3 Å². The molecule has 0 atom stereocenters. The molecule has 0 spiro atoms. The number of phenols is 1. The van der Waals surface area contributed by atoms with Gasteiger partial charge in [0.05, 0.1) is 0 Å². The van der Waals surface area contributed by atoms with E-state index in [4.69, 9.17) is 5.11 Å². The fourth-order valence-electron chi connectivity index (χ4n) is 1.60. The number of nitrogens with zero attached hydrogens (tertiary/aromatic N) is 2. The number of aromatic nitrogens is 2. The third-order valence-electron chi connectivity index (χ3n) is 2.41. The highest BCUT2D eigenvalue weighted by Gasteiger charge is 2.00. The van der Waals surface area contributed by atoms with Crippen molar-refractivity contribution in [3.8, 4) is 5.75 Å². The van der Waals surface area contributed by atoms with E-state index < -0.39 is 0 Å². The van der Waals surface area contributed by atoms with E-state index in [1.54, 1.807) is 12.1 Å². The second-order valence-corrected chi connectivity index (χ2v) is 3.49. The van der Waals surface area contributed by atoms with E-state index in [1.807, 2.05) is 24.5 Å². The second kappa shape index (κ2) is 4.17. The van der Waals surface area contributed by atoms with Crippen molar-refractivity contribution in [3.05, 3.63) is 48.0 Å². The molecular weight excluding hydrogens is 188 g/mol. The summed E-state index contributed by atoms with van der Waals surface area (Å²) in [5, 5.41) is 9.16. The summed E-state index contributed by atoms with van der Waals surface area (Å²) in [4.78, 5) is 4.26. The average Bonchev–Trinajstić information content (AvgIpc) is 2.69. The van der Waals surface area contributed by atoms with Crippen LogP contribution in [0, 0.1) is 0 Å². The van der Waals surface area contributed by atoms with Crippen molar-refractivity contribution >= 4 is 0 Å². The Morgan fingerprint density at radius 1 is 1.27 bits per heavy atom. The third kappa shape index (κ3) is 2.18. The minimum atomic E-state index is 0.306. The number of hydrogen-bond acceptors (Lipinski definition) is 2. The van der Waals surface area contributed by atoms with Crippen LogP contribution in [0.2, 0.25) is 0 Å². The molecule has 0 fully saturated rings. The molecule has 78 valence electrons. The Bertz CT molecular complexity index is 431. The maximum Gasteiger partial charge on any atom is 0.115 e. The van der Waals surface area contributed by atoms with E-state index in [0.29, 0.717) is 5.75 Å². The van der Waals surface area contributed by atoms with Gasteiger partial charge in [-0.3, -0.25) is 0 Å². The van der Waals surface area contributed by atoms with Gasteiger partial charge in [-0.15, -0.1) is 0 Å². The Kier molecular flexibility index (Phi) is 2.72. The molecule has 0 radical (unpaired) electrons. The molecule has 0 amide bonds. The first-order valence-corrected chi connectivity index (χ1v) is 5.07. The molecule has 1 N–H and O–H groups in total. The van der Waals surface area contributed by atoms with Crippen LogP contribution < -0.4 is 0 Å². The molecule has 3 heteroatoms. The zero-order valence-electron chi connectivity index (χ0n) is 8.72. The standard InChI is InChI=1S/C12H14N2O/c1-2-12-13-7-8-14(12)9-10-3-5-11(15)6-4-10/h3-8,15H,2,9H2,1H3. The van der Waals surface area contributed by atoms with Gasteiger partial charge in [-0.2, -0.15) is 0 Å². The molecule has 3 nitrogen and oxygen atoms in total. The lowest BCUT2D eigenvalue weighted by Gasteiger charge is -2.06. The summed E-state index contributed by atoms with van der Waals surface area (Å²) in [5.41, 5.74) is 1.17. The van der Waals surface area contributed by atoms with Gasteiger partial charge >= 0.3 is 0 Å². The van der Waals surface area contributed by atoms with Gasteiger partial charge in [0, 0.05) is 25.4 Å². The molecule has 0 aliphatic rings. The van der Waals surface area contributed by atoms with Gasteiger partial charge in [-0.1, -0.05) is 19.1 Å². The highest BCUT2D eigenvalue weighted by atomic mass is 16.3. The van der Waals surface area contributed by atoms with Crippen molar-refractivity contribution < 1.29 is 5.11 Å². The maximum atomic E-state index is 9.16. The number of aryl methyl sites for hydroxylation is 1. The minimum Gasteiger partial charge on any atom is -0.508 e. The number of aromatic hydroxyl groups is 1. The van der Waals surface area contributed by atoms with Crippen molar-refractivity contribution in [1.29, 1.82) is 0 Å². The predicted molar refractivity (Wildman–Crippen MR) is 58.8 cm³/mol. The molecule has 1 aromatic carbocycles. The van der Waals surface area contributed by atoms with E-state index in [-0.39, 0.29) is 0 Å². The molecule has 0 saturated carbocycles. The van der Waals surface area contributed by atoms with Crippen molar-refractivity contribution in [2.75, 3.05) is 0 Å². The quantitative estimate of drug-likeness (QED) is 0.828. The largest absolute Gasteiger partial charge is 0.508 e. The average molecular weight is 202 g/mol. The number of phenolic OH excluding ortho intramolecular Hbond substituents is 1. The van der Waals surface area contributed by atoms with Crippen LogP contribution in [0.4, 0.5) is 0 Å². The van der Waals surface area contributed by atoms with Gasteiger partial charge in [0.15, 0.2) is 0 Å². The smallest absolute Gasteiger partial charge is 0.115 e. The summed E-state index contributed by atoms with van der Waals surface area (Å²) in [6.45, 7) is 2.90. The number of rotatable bonds is 3. The highest BCUT2D eigenvalue weighted by Crippen LogP contribution is 2.11. The SMILES string of the molecule is CCc1nccn1Cc1ccc(O)cc1. The van der Waals surface area contributed by atoms with Crippen LogP contribution in [0.15, 0.2) is 36.7 Å². The molecule has 0 bridgehead atoms. The lowest BCUT2D eigenvalue weighted by Crippen LogP contribution is -2.02. The van der Waals surface area contributed by atoms with E-state index in [9.17, 15) is 0 Å². The van der Waals surface area contributed by atoms with Crippen LogP contribution >= 0.6 is 0 Å². The molecule has 15 heavy (non-hydrogen) atoms. The normalized spacial score (nSPS) is 10.5. The second-order valence-electron chi connectivity index (χ2n) is 3.49. The van der Waals surface area contributed by atoms with Crippen molar-refractivity contribution in [1.82, 2.24) is 9.55 Å². The first-order valence-electron chi connectivity index (χ1n) is 5.07. The monoisotopic (exact) mass is 202 g/mol. The van der Waals surface area contributed by atoms with Crippen molar-refractivity contribution in [2.24, 2.45) is 0 Å². The number of hydrogen-bond donors (Lipinski definition) is 1. The molecule has 0 unspecified atom stereocenters. The first-order chi connectivity index (χ1) is 7.29. The van der Waals surface area contributed by atoms with E-state index in [1.165, 1.54) is 5.56 Å². The summed E-state index contributed by atoms with van der Waals surface area (Å²) >= 11 is 0. The van der Waals surface area contributed by atoms with E-state index >= 15 is 0 Å². The first kappa shape index (κ1) is 9.77. The summed E-state index contributed by atoms with van der Waals surface area (Å²) < 4.78 is 2.12. The lowest BCUT2D eigenvalue weighted by molar-refractivity contribution is 0.475. The molecule has 1 heterocycles. The van der Waals surface area contributed by atoms with Gasteiger partial charge < -0.3 is 9.67 Å². The van der Waals surface area contributed by atoms with Crippen LogP contribution in [-0.4, -0.2) is 14.7 Å². The summed E-state index contributed by atoms with van der Waals surface area (Å²) in [7, 11) is 0. The van der Waals surface area contributed by atoms with Crippen molar-refractivity contribution in [2.45, 2.75) is 19.9 Å². The van der Waals surface area contributed by atoms with Gasteiger partial charge in [-0.25, -0.2) is 4.98 Å². The lowest BCUT2D eigenvalue weighted by atomic mass is 10.2. The molecule has 1 aromatic heterocycles. The summed E-state index contributed by atoms with van der Waals surface area (Å²) in [6, 6.07) is 7.26. The van der Waals surface area contributed by atoms with Crippen LogP contribution in [0.5, 0.6) is 5.75 Å². The van der Waals surface area contributed by atoms with Crippen LogP contribution in [0.3, 0.4) is 0 Å². The summed E-state index contributed by atoms with van der Waals surface area (Å²) in [6.07, 6.45) is 4.73. The Hall–Kier alpha value is -1.77.